The van der Waals surface area contributed by atoms with Crippen molar-refractivity contribution in [2.45, 2.75) is 43.8 Å². The van der Waals surface area contributed by atoms with Crippen LogP contribution in [0.4, 0.5) is 0 Å². The summed E-state index contributed by atoms with van der Waals surface area (Å²) in [5.41, 5.74) is 7.17. The summed E-state index contributed by atoms with van der Waals surface area (Å²) >= 11 is 0. The maximum absolute atomic E-state index is 7.46. The Morgan fingerprint density at radius 3 is 1.34 bits per heavy atom. The van der Waals surface area contributed by atoms with Crippen LogP contribution in [0.1, 0.15) is 23.6 Å². The standard InChI is InChI=1S/C29H36OSi2/c1-8-31(4,5)28(3,25-19-13-10-14-20-25)29(30-32(6,7)9-2,26-21-15-11-16-22-26)27-23-17-12-18-24-27/h8-24H,1-2H2,3-7H3. The minimum Gasteiger partial charge on any atom is -0.399 e. The summed E-state index contributed by atoms with van der Waals surface area (Å²) < 4.78 is 7.46. The van der Waals surface area contributed by atoms with E-state index in [9.17, 15) is 0 Å². The molecule has 0 amide bonds. The first-order chi connectivity index (χ1) is 15.1. The Morgan fingerprint density at radius 2 is 1.00 bits per heavy atom. The molecule has 1 nitrogen and oxygen atoms in total. The molecule has 0 radical (unpaired) electrons. The molecular formula is C29H36OSi2. The first kappa shape index (κ1) is 24.2. The summed E-state index contributed by atoms with van der Waals surface area (Å²) in [5.74, 6) is 0. The van der Waals surface area contributed by atoms with Crippen molar-refractivity contribution in [1.82, 2.24) is 0 Å². The van der Waals surface area contributed by atoms with E-state index in [-0.39, 0.29) is 5.04 Å². The van der Waals surface area contributed by atoms with Crippen LogP contribution in [-0.4, -0.2) is 16.4 Å². The highest BCUT2D eigenvalue weighted by atomic mass is 28.4. The highest BCUT2D eigenvalue weighted by molar-refractivity contribution is 6.85. The summed E-state index contributed by atoms with van der Waals surface area (Å²) in [7, 11) is -4.42. The van der Waals surface area contributed by atoms with E-state index >= 15 is 0 Å². The number of hydrogen-bond acceptors (Lipinski definition) is 1. The molecule has 0 aliphatic heterocycles. The van der Waals surface area contributed by atoms with Gasteiger partial charge in [-0.2, -0.15) is 0 Å². The van der Waals surface area contributed by atoms with E-state index in [1.807, 2.05) is 5.70 Å². The first-order valence-electron chi connectivity index (χ1n) is 11.3. The van der Waals surface area contributed by atoms with Crippen molar-refractivity contribution in [3.05, 3.63) is 132 Å². The predicted octanol–water partition coefficient (Wildman–Crippen LogP) is 7.81. The Hall–Kier alpha value is -2.47. The average molecular weight is 457 g/mol. The molecule has 3 aromatic rings. The lowest BCUT2D eigenvalue weighted by atomic mass is 9.73. The Morgan fingerprint density at radius 1 is 0.625 bits per heavy atom. The third kappa shape index (κ3) is 4.01. The molecule has 0 spiro atoms. The minimum atomic E-state index is -2.26. The van der Waals surface area contributed by atoms with E-state index in [0.717, 1.165) is 0 Å². The van der Waals surface area contributed by atoms with E-state index < -0.39 is 22.0 Å². The van der Waals surface area contributed by atoms with Crippen LogP contribution in [0.3, 0.4) is 0 Å². The van der Waals surface area contributed by atoms with E-state index in [1.165, 1.54) is 16.7 Å². The van der Waals surface area contributed by atoms with E-state index in [4.69, 9.17) is 4.43 Å². The summed E-state index contributed by atoms with van der Waals surface area (Å²) in [6, 6.07) is 32.4. The second-order valence-electron chi connectivity index (χ2n) is 9.74. The highest BCUT2D eigenvalue weighted by Crippen LogP contribution is 2.55. The zero-order valence-corrected chi connectivity index (χ0v) is 22.1. The normalized spacial score (nSPS) is 14.4. The van der Waals surface area contributed by atoms with Gasteiger partial charge >= 0.3 is 0 Å². The molecule has 0 N–H and O–H groups in total. The molecule has 1 unspecified atom stereocenters. The van der Waals surface area contributed by atoms with Gasteiger partial charge in [-0.3, -0.25) is 0 Å². The second kappa shape index (κ2) is 9.18. The van der Waals surface area contributed by atoms with Crippen LogP contribution in [0, 0.1) is 0 Å². The zero-order chi connectivity index (χ0) is 23.5. The van der Waals surface area contributed by atoms with Crippen LogP contribution in [-0.2, 0) is 15.1 Å². The predicted molar refractivity (Wildman–Crippen MR) is 144 cm³/mol. The topological polar surface area (TPSA) is 9.23 Å². The maximum atomic E-state index is 7.46. The van der Waals surface area contributed by atoms with Gasteiger partial charge in [-0.15, -0.1) is 18.9 Å². The van der Waals surface area contributed by atoms with Crippen molar-refractivity contribution >= 4 is 16.4 Å². The van der Waals surface area contributed by atoms with Crippen molar-refractivity contribution in [3.63, 3.8) is 0 Å². The van der Waals surface area contributed by atoms with Gasteiger partial charge in [0.25, 0.3) is 0 Å². The van der Waals surface area contributed by atoms with Gasteiger partial charge in [0.15, 0.2) is 0 Å². The summed E-state index contributed by atoms with van der Waals surface area (Å²) in [5, 5.41) is -0.348. The molecule has 166 valence electrons. The Kier molecular flexibility index (Phi) is 6.94. The molecule has 0 aliphatic rings. The molecule has 3 heteroatoms. The van der Waals surface area contributed by atoms with Crippen LogP contribution in [0.2, 0.25) is 26.2 Å². The van der Waals surface area contributed by atoms with Crippen molar-refractivity contribution < 1.29 is 4.43 Å². The van der Waals surface area contributed by atoms with E-state index in [0.29, 0.717) is 0 Å². The molecule has 0 bridgehead atoms. The summed E-state index contributed by atoms with van der Waals surface area (Å²) in [6.07, 6.45) is 0. The molecule has 0 saturated carbocycles. The molecular weight excluding hydrogens is 420 g/mol. The second-order valence-corrected chi connectivity index (χ2v) is 18.4. The lowest BCUT2D eigenvalue weighted by molar-refractivity contribution is 0.0539. The van der Waals surface area contributed by atoms with Gasteiger partial charge in [-0.05, 0) is 29.8 Å². The zero-order valence-electron chi connectivity index (χ0n) is 20.1. The van der Waals surface area contributed by atoms with Crippen molar-refractivity contribution in [3.8, 4) is 0 Å². The molecule has 3 rings (SSSR count). The quantitative estimate of drug-likeness (QED) is 0.298. The Balaban J connectivity index is 2.56. The van der Waals surface area contributed by atoms with E-state index in [1.54, 1.807) is 0 Å². The molecule has 0 heterocycles. The fraction of sp³-hybridized carbons (Fsp3) is 0.241. The summed E-state index contributed by atoms with van der Waals surface area (Å²) in [6.45, 7) is 20.2. The van der Waals surface area contributed by atoms with Crippen LogP contribution in [0.15, 0.2) is 116 Å². The monoisotopic (exact) mass is 456 g/mol. The SMILES string of the molecule is C=C[Si](C)(C)OC(c1ccccc1)(c1ccccc1)C(C)(c1ccccc1)[Si](C)(C)C=C. The average Bonchev–Trinajstić information content (AvgIpc) is 2.83. The Bertz CT molecular complexity index is 1000. The van der Waals surface area contributed by atoms with Gasteiger partial charge in [0, 0.05) is 5.04 Å². The van der Waals surface area contributed by atoms with Crippen LogP contribution < -0.4 is 0 Å². The van der Waals surface area contributed by atoms with Crippen LogP contribution in [0.5, 0.6) is 0 Å². The van der Waals surface area contributed by atoms with Crippen molar-refractivity contribution in [2.24, 2.45) is 0 Å². The minimum absolute atomic E-state index is 0.348. The van der Waals surface area contributed by atoms with Crippen molar-refractivity contribution in [1.29, 1.82) is 0 Å². The van der Waals surface area contributed by atoms with Gasteiger partial charge in [0.2, 0.25) is 8.32 Å². The van der Waals surface area contributed by atoms with Gasteiger partial charge in [0.05, 0.1) is 8.07 Å². The molecule has 0 aliphatic carbocycles. The fourth-order valence-electron chi connectivity index (χ4n) is 4.75. The van der Waals surface area contributed by atoms with Gasteiger partial charge in [0.1, 0.15) is 5.60 Å². The highest BCUT2D eigenvalue weighted by Gasteiger charge is 2.61. The van der Waals surface area contributed by atoms with Gasteiger partial charge in [-0.25, -0.2) is 0 Å². The fourth-order valence-corrected chi connectivity index (χ4v) is 8.73. The molecule has 0 fully saturated rings. The smallest absolute Gasteiger partial charge is 0.212 e. The van der Waals surface area contributed by atoms with Gasteiger partial charge in [-0.1, -0.05) is 117 Å². The third-order valence-corrected chi connectivity index (χ3v) is 13.2. The largest absolute Gasteiger partial charge is 0.399 e. The van der Waals surface area contributed by atoms with Crippen LogP contribution in [0.25, 0.3) is 0 Å². The lowest BCUT2D eigenvalue weighted by Gasteiger charge is -2.57. The number of rotatable bonds is 9. The number of benzene rings is 3. The maximum Gasteiger partial charge on any atom is 0.212 e. The molecule has 0 aromatic heterocycles. The first-order valence-corrected chi connectivity index (χ1v) is 17.3. The van der Waals surface area contributed by atoms with Gasteiger partial charge < -0.3 is 4.43 Å². The molecule has 1 atom stereocenters. The number of hydrogen-bond donors (Lipinski definition) is 0. The van der Waals surface area contributed by atoms with E-state index in [2.05, 4.69) is 143 Å². The lowest BCUT2D eigenvalue weighted by Crippen LogP contribution is -2.65. The third-order valence-electron chi connectivity index (χ3n) is 7.12. The summed E-state index contributed by atoms with van der Waals surface area (Å²) in [4.78, 5) is 0. The molecule has 32 heavy (non-hydrogen) atoms. The Labute approximate surface area is 196 Å². The van der Waals surface area contributed by atoms with Crippen molar-refractivity contribution in [2.75, 3.05) is 0 Å². The molecule has 0 saturated heterocycles. The van der Waals surface area contributed by atoms with Crippen LogP contribution >= 0.6 is 0 Å². The molecule has 3 aromatic carbocycles.